The summed E-state index contributed by atoms with van der Waals surface area (Å²) in [5.41, 5.74) is 0.800. The highest BCUT2D eigenvalue weighted by molar-refractivity contribution is 6.07. The fourth-order valence-corrected chi connectivity index (χ4v) is 2.29. The molecule has 1 aromatic heterocycles. The maximum Gasteiger partial charge on any atom is 0.339 e. The van der Waals surface area contributed by atoms with Crippen molar-refractivity contribution >= 4 is 29.1 Å². The van der Waals surface area contributed by atoms with Crippen LogP contribution in [0.15, 0.2) is 60.7 Å². The summed E-state index contributed by atoms with van der Waals surface area (Å²) in [6.07, 6.45) is 0. The Morgan fingerprint density at radius 2 is 1.63 bits per heavy atom. The number of nitrogens with one attached hydrogen (secondary N) is 2. The Morgan fingerprint density at radius 1 is 0.926 bits per heavy atom. The molecule has 27 heavy (non-hydrogen) atoms. The monoisotopic (exact) mass is 366 g/mol. The number of ether oxygens (including phenoxy) is 1. The molecule has 3 aromatic rings. The summed E-state index contributed by atoms with van der Waals surface area (Å²) in [5.74, 6) is -1.26. The highest BCUT2D eigenvalue weighted by Gasteiger charge is 2.15. The molecule has 0 saturated heterocycles. The molecule has 3 rings (SSSR count). The van der Waals surface area contributed by atoms with Crippen LogP contribution in [0.1, 0.15) is 20.8 Å². The number of methoxy groups -OCH3 is 1. The average molecular weight is 366 g/mol. The van der Waals surface area contributed by atoms with Crippen LogP contribution in [-0.4, -0.2) is 29.2 Å². The minimum atomic E-state index is -0.568. The van der Waals surface area contributed by atoms with Gasteiger partial charge in [-0.2, -0.15) is 0 Å². The quantitative estimate of drug-likeness (QED) is 0.672. The van der Waals surface area contributed by atoms with Gasteiger partial charge in [0.05, 0.1) is 24.0 Å². The Labute approximate surface area is 154 Å². The van der Waals surface area contributed by atoms with Crippen LogP contribution in [-0.2, 0) is 4.74 Å². The molecule has 0 aliphatic rings. The molecule has 0 saturated carbocycles. The van der Waals surface area contributed by atoms with Crippen molar-refractivity contribution < 1.29 is 18.7 Å². The molecule has 0 aliphatic carbocycles. The van der Waals surface area contributed by atoms with E-state index < -0.39 is 17.7 Å². The van der Waals surface area contributed by atoms with Crippen LogP contribution in [0.3, 0.4) is 0 Å². The normalized spacial score (nSPS) is 10.1. The summed E-state index contributed by atoms with van der Waals surface area (Å²) in [6, 6.07) is 15.5. The second-order valence-corrected chi connectivity index (χ2v) is 5.40. The van der Waals surface area contributed by atoms with Crippen molar-refractivity contribution in [2.45, 2.75) is 0 Å². The van der Waals surface area contributed by atoms with E-state index in [9.17, 15) is 14.0 Å². The van der Waals surface area contributed by atoms with Crippen molar-refractivity contribution in [1.29, 1.82) is 0 Å². The number of nitrogens with zero attached hydrogens (tertiary/aromatic N) is 2. The van der Waals surface area contributed by atoms with E-state index in [-0.39, 0.29) is 22.8 Å². The van der Waals surface area contributed by atoms with Crippen molar-refractivity contribution in [1.82, 2.24) is 10.2 Å². The molecule has 8 heteroatoms. The second kappa shape index (κ2) is 8.05. The van der Waals surface area contributed by atoms with Gasteiger partial charge in [-0.05, 0) is 36.4 Å². The van der Waals surface area contributed by atoms with E-state index in [0.29, 0.717) is 5.69 Å². The summed E-state index contributed by atoms with van der Waals surface area (Å²) < 4.78 is 18.3. The first kappa shape index (κ1) is 18.0. The Hall–Kier alpha value is -3.81. The molecule has 1 amide bonds. The molecule has 0 unspecified atom stereocenters. The summed E-state index contributed by atoms with van der Waals surface area (Å²) in [4.78, 5) is 24.1. The van der Waals surface area contributed by atoms with Crippen LogP contribution >= 0.6 is 0 Å². The number of amides is 1. The van der Waals surface area contributed by atoms with Gasteiger partial charge in [0.25, 0.3) is 5.91 Å². The summed E-state index contributed by atoms with van der Waals surface area (Å²) in [7, 11) is 1.26. The lowest BCUT2D eigenvalue weighted by atomic mass is 10.1. The number of hydrogen-bond donors (Lipinski definition) is 2. The maximum absolute atomic E-state index is 13.6. The van der Waals surface area contributed by atoms with Crippen LogP contribution in [0.2, 0.25) is 0 Å². The number of benzene rings is 2. The van der Waals surface area contributed by atoms with Gasteiger partial charge >= 0.3 is 5.97 Å². The fraction of sp³-hybridized carbons (Fsp3) is 0.0526. The van der Waals surface area contributed by atoms with Crippen LogP contribution in [0.5, 0.6) is 0 Å². The topological polar surface area (TPSA) is 93.2 Å². The number of halogens is 1. The van der Waals surface area contributed by atoms with Gasteiger partial charge in [-0.15, -0.1) is 10.2 Å². The minimum Gasteiger partial charge on any atom is -0.465 e. The van der Waals surface area contributed by atoms with E-state index in [1.54, 1.807) is 36.4 Å². The Morgan fingerprint density at radius 3 is 2.30 bits per heavy atom. The second-order valence-electron chi connectivity index (χ2n) is 5.40. The lowest BCUT2D eigenvalue weighted by Crippen LogP contribution is -2.17. The highest BCUT2D eigenvalue weighted by atomic mass is 19.1. The van der Waals surface area contributed by atoms with Crippen molar-refractivity contribution in [2.24, 2.45) is 0 Å². The van der Waals surface area contributed by atoms with E-state index in [2.05, 4.69) is 25.6 Å². The molecule has 1 heterocycles. The largest absolute Gasteiger partial charge is 0.465 e. The number of para-hydroxylation sites is 2. The Balaban J connectivity index is 1.73. The molecule has 7 nitrogen and oxygen atoms in total. The van der Waals surface area contributed by atoms with Crippen molar-refractivity contribution in [3.8, 4) is 0 Å². The highest BCUT2D eigenvalue weighted by Crippen LogP contribution is 2.19. The molecule has 0 spiro atoms. The lowest BCUT2D eigenvalue weighted by molar-refractivity contribution is 0.0602. The first-order valence-corrected chi connectivity index (χ1v) is 7.92. The molecule has 2 aromatic carbocycles. The van der Waals surface area contributed by atoms with Gasteiger partial charge in [0.15, 0.2) is 11.5 Å². The number of carbonyl (C=O) groups is 2. The molecule has 0 radical (unpaired) electrons. The van der Waals surface area contributed by atoms with E-state index in [1.807, 2.05) is 0 Å². The van der Waals surface area contributed by atoms with E-state index in [1.165, 1.54) is 31.4 Å². The SMILES string of the molecule is COC(=O)c1ccccc1NC(=O)c1ccc(Nc2ccccc2F)nn1. The molecule has 2 N–H and O–H groups in total. The first-order chi connectivity index (χ1) is 13.1. The number of anilines is 3. The van der Waals surface area contributed by atoms with Crippen molar-refractivity contribution in [3.05, 3.63) is 77.7 Å². The number of rotatable bonds is 5. The van der Waals surface area contributed by atoms with E-state index in [0.717, 1.165) is 0 Å². The van der Waals surface area contributed by atoms with Crippen LogP contribution in [0.25, 0.3) is 0 Å². The zero-order chi connectivity index (χ0) is 19.2. The van der Waals surface area contributed by atoms with Crippen LogP contribution in [0, 0.1) is 5.82 Å². The number of carbonyl (C=O) groups excluding carboxylic acids is 2. The predicted molar refractivity (Wildman–Crippen MR) is 97.4 cm³/mol. The zero-order valence-electron chi connectivity index (χ0n) is 14.3. The van der Waals surface area contributed by atoms with Gasteiger partial charge in [0, 0.05) is 0 Å². The third-order valence-corrected chi connectivity index (χ3v) is 3.61. The number of aromatic nitrogens is 2. The Bertz CT molecular complexity index is 977. The average Bonchev–Trinajstić information content (AvgIpc) is 2.70. The smallest absolute Gasteiger partial charge is 0.339 e. The standard InChI is InChI=1S/C19H15FN4O3/c1-27-19(26)12-6-2-4-8-14(12)22-18(25)16-10-11-17(24-23-16)21-15-9-5-3-7-13(15)20/h2-11H,1H3,(H,21,24)(H,22,25). The molecule has 0 fully saturated rings. The summed E-state index contributed by atoms with van der Waals surface area (Å²) in [5, 5.41) is 13.1. The van der Waals surface area contributed by atoms with E-state index >= 15 is 0 Å². The van der Waals surface area contributed by atoms with Crippen LogP contribution in [0.4, 0.5) is 21.6 Å². The first-order valence-electron chi connectivity index (χ1n) is 7.92. The molecular weight excluding hydrogens is 351 g/mol. The van der Waals surface area contributed by atoms with Crippen molar-refractivity contribution in [2.75, 3.05) is 17.7 Å². The van der Waals surface area contributed by atoms with Crippen LogP contribution < -0.4 is 10.6 Å². The fourth-order valence-electron chi connectivity index (χ4n) is 2.29. The third-order valence-electron chi connectivity index (χ3n) is 3.61. The Kier molecular flexibility index (Phi) is 5.36. The minimum absolute atomic E-state index is 0.0359. The van der Waals surface area contributed by atoms with Gasteiger partial charge in [-0.3, -0.25) is 4.79 Å². The maximum atomic E-state index is 13.6. The summed E-state index contributed by atoms with van der Waals surface area (Å²) >= 11 is 0. The number of hydrogen-bond acceptors (Lipinski definition) is 6. The molecule has 136 valence electrons. The van der Waals surface area contributed by atoms with Gasteiger partial charge in [-0.1, -0.05) is 24.3 Å². The van der Waals surface area contributed by atoms with Gasteiger partial charge in [-0.25, -0.2) is 9.18 Å². The third kappa shape index (κ3) is 4.24. The lowest BCUT2D eigenvalue weighted by Gasteiger charge is -2.09. The molecular formula is C19H15FN4O3. The van der Waals surface area contributed by atoms with E-state index in [4.69, 9.17) is 0 Å². The zero-order valence-corrected chi connectivity index (χ0v) is 14.3. The number of esters is 1. The van der Waals surface area contributed by atoms with Gasteiger partial charge in [0.2, 0.25) is 0 Å². The molecule has 0 aliphatic heterocycles. The van der Waals surface area contributed by atoms with Crippen molar-refractivity contribution in [3.63, 3.8) is 0 Å². The molecule has 0 bridgehead atoms. The van der Waals surface area contributed by atoms with Gasteiger partial charge < -0.3 is 15.4 Å². The summed E-state index contributed by atoms with van der Waals surface area (Å²) in [6.45, 7) is 0. The predicted octanol–water partition coefficient (Wildman–Crippen LogP) is 3.40. The van der Waals surface area contributed by atoms with Gasteiger partial charge in [0.1, 0.15) is 5.82 Å². The molecule has 0 atom stereocenters.